The number of nitro groups is 1. The normalized spacial score (nSPS) is 18.6. The largest absolute Gasteiger partial charge is 0.338 e. The Labute approximate surface area is 110 Å². The van der Waals surface area contributed by atoms with Gasteiger partial charge >= 0.3 is 5.69 Å². The van der Waals surface area contributed by atoms with E-state index >= 15 is 0 Å². The van der Waals surface area contributed by atoms with Gasteiger partial charge in [0.1, 0.15) is 0 Å². The van der Waals surface area contributed by atoms with Crippen LogP contribution in [0.3, 0.4) is 0 Å². The van der Waals surface area contributed by atoms with E-state index in [0.717, 1.165) is 25.0 Å². The second-order valence-corrected chi connectivity index (χ2v) is 4.74. The first-order valence-corrected chi connectivity index (χ1v) is 6.26. The molecular weight excluding hydrogens is 251 g/mol. The summed E-state index contributed by atoms with van der Waals surface area (Å²) < 4.78 is 13.5. The molecule has 1 fully saturated rings. The maximum absolute atomic E-state index is 13.5. The second kappa shape index (κ2) is 5.34. The summed E-state index contributed by atoms with van der Waals surface area (Å²) in [4.78, 5) is 23.5. The molecule has 0 N–H and O–H groups in total. The van der Waals surface area contributed by atoms with E-state index < -0.39 is 16.4 Å². The summed E-state index contributed by atoms with van der Waals surface area (Å²) in [5, 5.41) is 10.5. The highest BCUT2D eigenvalue weighted by molar-refractivity contribution is 5.94. The van der Waals surface area contributed by atoms with Gasteiger partial charge in [0.05, 0.1) is 4.92 Å². The van der Waals surface area contributed by atoms with E-state index in [0.29, 0.717) is 19.0 Å². The molecule has 0 aromatic heterocycles. The van der Waals surface area contributed by atoms with Gasteiger partial charge in [-0.1, -0.05) is 13.3 Å². The number of hydrogen-bond acceptors (Lipinski definition) is 3. The fraction of sp³-hybridized carbons (Fsp3) is 0.462. The summed E-state index contributed by atoms with van der Waals surface area (Å²) in [7, 11) is 0. The van der Waals surface area contributed by atoms with Crippen molar-refractivity contribution in [3.05, 3.63) is 39.7 Å². The molecule has 1 saturated heterocycles. The Hall–Kier alpha value is -1.98. The molecule has 1 aromatic carbocycles. The third-order valence-corrected chi connectivity index (χ3v) is 3.54. The number of benzene rings is 1. The third-order valence-electron chi connectivity index (χ3n) is 3.54. The molecule has 1 amide bonds. The van der Waals surface area contributed by atoms with Crippen molar-refractivity contribution < 1.29 is 14.1 Å². The van der Waals surface area contributed by atoms with Crippen molar-refractivity contribution in [2.45, 2.75) is 19.8 Å². The first kappa shape index (κ1) is 13.5. The molecule has 5 nitrogen and oxygen atoms in total. The lowest BCUT2D eigenvalue weighted by atomic mass is 10.1. The van der Waals surface area contributed by atoms with Crippen LogP contribution in [0.15, 0.2) is 18.2 Å². The molecule has 0 saturated carbocycles. The average molecular weight is 266 g/mol. The number of carbonyl (C=O) groups is 1. The molecule has 0 bridgehead atoms. The molecule has 19 heavy (non-hydrogen) atoms. The van der Waals surface area contributed by atoms with Gasteiger partial charge in [0, 0.05) is 24.7 Å². The second-order valence-electron chi connectivity index (χ2n) is 4.74. The molecule has 2 rings (SSSR count). The standard InChI is InChI=1S/C13H15FN2O3/c1-2-9-5-6-15(8-9)13(17)10-3-4-12(16(18)19)11(14)7-10/h3-4,7,9H,2,5-6,8H2,1H3. The van der Waals surface area contributed by atoms with Gasteiger partial charge in [0.15, 0.2) is 0 Å². The Morgan fingerprint density at radius 2 is 2.32 bits per heavy atom. The van der Waals surface area contributed by atoms with Crippen molar-refractivity contribution in [1.82, 2.24) is 4.90 Å². The van der Waals surface area contributed by atoms with Crippen molar-refractivity contribution in [2.75, 3.05) is 13.1 Å². The number of likely N-dealkylation sites (tertiary alicyclic amines) is 1. The van der Waals surface area contributed by atoms with Gasteiger partial charge in [0.25, 0.3) is 5.91 Å². The minimum absolute atomic E-state index is 0.167. The zero-order valence-corrected chi connectivity index (χ0v) is 10.6. The third kappa shape index (κ3) is 2.72. The highest BCUT2D eigenvalue weighted by Crippen LogP contribution is 2.23. The molecule has 1 unspecified atom stereocenters. The summed E-state index contributed by atoms with van der Waals surface area (Å²) in [6.07, 6.45) is 1.97. The number of nitro benzene ring substituents is 1. The van der Waals surface area contributed by atoms with Gasteiger partial charge in [-0.3, -0.25) is 14.9 Å². The molecule has 1 aliphatic heterocycles. The van der Waals surface area contributed by atoms with Crippen LogP contribution in [0, 0.1) is 21.8 Å². The summed E-state index contributed by atoms with van der Waals surface area (Å²) >= 11 is 0. The Kier molecular flexibility index (Phi) is 3.78. The minimum atomic E-state index is -0.970. The van der Waals surface area contributed by atoms with Crippen LogP contribution >= 0.6 is 0 Å². The molecule has 1 atom stereocenters. The van der Waals surface area contributed by atoms with Crippen LogP contribution in [0.4, 0.5) is 10.1 Å². The van der Waals surface area contributed by atoms with Crippen LogP contribution in [-0.2, 0) is 0 Å². The van der Waals surface area contributed by atoms with Crippen LogP contribution in [0.2, 0.25) is 0 Å². The number of amides is 1. The Morgan fingerprint density at radius 1 is 1.58 bits per heavy atom. The summed E-state index contributed by atoms with van der Waals surface area (Å²) in [5.74, 6) is -0.737. The van der Waals surface area contributed by atoms with Gasteiger partial charge < -0.3 is 4.90 Å². The van der Waals surface area contributed by atoms with Gasteiger partial charge in [0.2, 0.25) is 5.82 Å². The fourth-order valence-electron chi connectivity index (χ4n) is 2.32. The predicted molar refractivity (Wildman–Crippen MR) is 67.4 cm³/mol. The number of hydrogen-bond donors (Lipinski definition) is 0. The molecule has 1 heterocycles. The zero-order chi connectivity index (χ0) is 14.0. The zero-order valence-electron chi connectivity index (χ0n) is 10.6. The SMILES string of the molecule is CCC1CCN(C(=O)c2ccc([N+](=O)[O-])c(F)c2)C1. The topological polar surface area (TPSA) is 63.5 Å². The van der Waals surface area contributed by atoms with Crippen LogP contribution in [0.25, 0.3) is 0 Å². The fourth-order valence-corrected chi connectivity index (χ4v) is 2.32. The first-order valence-electron chi connectivity index (χ1n) is 6.26. The van der Waals surface area contributed by atoms with Gasteiger partial charge in [-0.05, 0) is 24.5 Å². The molecular formula is C13H15FN2O3. The molecule has 0 spiro atoms. The van der Waals surface area contributed by atoms with Gasteiger partial charge in [-0.15, -0.1) is 0 Å². The lowest BCUT2D eigenvalue weighted by molar-refractivity contribution is -0.387. The van der Waals surface area contributed by atoms with Gasteiger partial charge in [-0.25, -0.2) is 0 Å². The number of nitrogens with zero attached hydrogens (tertiary/aromatic N) is 2. The van der Waals surface area contributed by atoms with E-state index in [1.807, 2.05) is 0 Å². The Bertz CT molecular complexity index is 519. The van der Waals surface area contributed by atoms with E-state index in [-0.39, 0.29) is 11.5 Å². The van der Waals surface area contributed by atoms with Crippen LogP contribution in [0.5, 0.6) is 0 Å². The number of carbonyl (C=O) groups excluding carboxylic acids is 1. The number of halogens is 1. The van der Waals surface area contributed by atoms with E-state index in [1.165, 1.54) is 6.07 Å². The van der Waals surface area contributed by atoms with Gasteiger partial charge in [-0.2, -0.15) is 4.39 Å². The highest BCUT2D eigenvalue weighted by atomic mass is 19.1. The quantitative estimate of drug-likeness (QED) is 0.624. The Balaban J connectivity index is 2.16. The van der Waals surface area contributed by atoms with E-state index in [1.54, 1.807) is 4.90 Å². The lowest BCUT2D eigenvalue weighted by Gasteiger charge is -2.16. The maximum atomic E-state index is 13.5. The van der Waals surface area contributed by atoms with Crippen LogP contribution in [-0.4, -0.2) is 28.8 Å². The predicted octanol–water partition coefficient (Wildman–Crippen LogP) is 2.61. The lowest BCUT2D eigenvalue weighted by Crippen LogP contribution is -2.28. The first-order chi connectivity index (χ1) is 9.02. The Morgan fingerprint density at radius 3 is 2.84 bits per heavy atom. The monoisotopic (exact) mass is 266 g/mol. The van der Waals surface area contributed by atoms with E-state index in [2.05, 4.69) is 6.92 Å². The summed E-state index contributed by atoms with van der Waals surface area (Å²) in [5.41, 5.74) is -0.441. The van der Waals surface area contributed by atoms with Crippen LogP contribution < -0.4 is 0 Å². The molecule has 1 aliphatic rings. The van der Waals surface area contributed by atoms with Crippen molar-refractivity contribution >= 4 is 11.6 Å². The molecule has 0 radical (unpaired) electrons. The average Bonchev–Trinajstić information content (AvgIpc) is 2.86. The minimum Gasteiger partial charge on any atom is -0.338 e. The van der Waals surface area contributed by atoms with Crippen LogP contribution in [0.1, 0.15) is 30.1 Å². The van der Waals surface area contributed by atoms with Crippen molar-refractivity contribution in [2.24, 2.45) is 5.92 Å². The highest BCUT2D eigenvalue weighted by Gasteiger charge is 2.27. The maximum Gasteiger partial charge on any atom is 0.304 e. The van der Waals surface area contributed by atoms with Crippen molar-refractivity contribution in [3.8, 4) is 0 Å². The van der Waals surface area contributed by atoms with Crippen molar-refractivity contribution in [3.63, 3.8) is 0 Å². The summed E-state index contributed by atoms with van der Waals surface area (Å²) in [6, 6.07) is 3.29. The number of rotatable bonds is 3. The molecule has 6 heteroatoms. The van der Waals surface area contributed by atoms with Crippen molar-refractivity contribution in [1.29, 1.82) is 0 Å². The smallest absolute Gasteiger partial charge is 0.304 e. The summed E-state index contributed by atoms with van der Waals surface area (Å²) in [6.45, 7) is 3.41. The molecule has 1 aromatic rings. The van der Waals surface area contributed by atoms with E-state index in [9.17, 15) is 19.3 Å². The molecule has 0 aliphatic carbocycles. The molecule has 102 valence electrons. The van der Waals surface area contributed by atoms with E-state index in [4.69, 9.17) is 0 Å².